The molecule has 0 saturated heterocycles. The van der Waals surface area contributed by atoms with Crippen molar-refractivity contribution in [3.8, 4) is 0 Å². The molecule has 0 aromatic carbocycles. The van der Waals surface area contributed by atoms with Gasteiger partial charge < -0.3 is 5.73 Å². The highest BCUT2D eigenvalue weighted by atomic mass is 14.7. The minimum atomic E-state index is 0.156. The first-order valence-corrected chi connectivity index (χ1v) is 3.75. The zero-order chi connectivity index (χ0) is 8.04. The molecule has 1 heteroatoms. The van der Waals surface area contributed by atoms with Crippen molar-refractivity contribution in [1.82, 2.24) is 0 Å². The first kappa shape index (κ1) is 9.44. The van der Waals surface area contributed by atoms with E-state index in [4.69, 9.17) is 0 Å². The van der Waals surface area contributed by atoms with Crippen LogP contribution in [0.3, 0.4) is 0 Å². The Bertz CT molecular complexity index is 106. The van der Waals surface area contributed by atoms with E-state index < -0.39 is 0 Å². The third kappa shape index (κ3) is 2.83. The summed E-state index contributed by atoms with van der Waals surface area (Å²) in [6.07, 6.45) is 6.91. The van der Waals surface area contributed by atoms with Crippen LogP contribution in [-0.2, 0) is 0 Å². The molecule has 0 heterocycles. The summed E-state index contributed by atoms with van der Waals surface area (Å²) in [6, 6.07) is 0. The lowest BCUT2D eigenvalue weighted by Crippen LogP contribution is -2.71. The largest absolute Gasteiger partial charge is 0.352 e. The summed E-state index contributed by atoms with van der Waals surface area (Å²) in [7, 11) is 0. The molecule has 0 fully saturated rings. The Morgan fingerprint density at radius 3 is 1.90 bits per heavy atom. The third-order valence-corrected chi connectivity index (χ3v) is 1.90. The standard InChI is InChI=1S/C9H17N/c1-4-7-9(10,6-3)8-5-2/h4-5H,1-2,6-8,10H2,3H3/p+1. The molecular weight excluding hydrogens is 122 g/mol. The Morgan fingerprint density at radius 1 is 1.30 bits per heavy atom. The maximum Gasteiger partial charge on any atom is 0.101 e. The van der Waals surface area contributed by atoms with Gasteiger partial charge in [-0.3, -0.25) is 0 Å². The molecule has 10 heavy (non-hydrogen) atoms. The minimum Gasteiger partial charge on any atom is -0.352 e. The normalized spacial score (nSPS) is 11.0. The second-order valence-corrected chi connectivity index (χ2v) is 2.84. The summed E-state index contributed by atoms with van der Waals surface area (Å²) in [4.78, 5) is 0. The van der Waals surface area contributed by atoms with Crippen molar-refractivity contribution in [1.29, 1.82) is 0 Å². The van der Waals surface area contributed by atoms with Gasteiger partial charge in [-0.15, -0.1) is 13.2 Å². The fraction of sp³-hybridized carbons (Fsp3) is 0.556. The lowest BCUT2D eigenvalue weighted by atomic mass is 9.90. The van der Waals surface area contributed by atoms with Gasteiger partial charge in [-0.1, -0.05) is 19.1 Å². The average Bonchev–Trinajstić information content (AvgIpc) is 1.89. The highest BCUT2D eigenvalue weighted by molar-refractivity contribution is 4.89. The summed E-state index contributed by atoms with van der Waals surface area (Å²) in [5, 5.41) is 0. The minimum absolute atomic E-state index is 0.156. The molecule has 0 spiro atoms. The van der Waals surface area contributed by atoms with Crippen LogP contribution in [0.2, 0.25) is 0 Å². The van der Waals surface area contributed by atoms with Gasteiger partial charge in [-0.05, 0) is 6.42 Å². The molecule has 3 N–H and O–H groups in total. The van der Waals surface area contributed by atoms with Crippen LogP contribution in [0.25, 0.3) is 0 Å². The molecule has 0 aliphatic heterocycles. The SMILES string of the molecule is C=CCC([NH3+])(CC)CC=C. The van der Waals surface area contributed by atoms with Gasteiger partial charge in [0.05, 0.1) is 0 Å². The van der Waals surface area contributed by atoms with Gasteiger partial charge in [-0.2, -0.15) is 0 Å². The van der Waals surface area contributed by atoms with Crippen LogP contribution in [-0.4, -0.2) is 5.54 Å². The van der Waals surface area contributed by atoms with E-state index in [1.54, 1.807) is 0 Å². The Kier molecular flexibility index (Phi) is 4.05. The van der Waals surface area contributed by atoms with E-state index in [1.807, 2.05) is 12.2 Å². The smallest absolute Gasteiger partial charge is 0.101 e. The fourth-order valence-electron chi connectivity index (χ4n) is 0.984. The van der Waals surface area contributed by atoms with Crippen molar-refractivity contribution in [2.24, 2.45) is 0 Å². The Morgan fingerprint density at radius 2 is 1.70 bits per heavy atom. The van der Waals surface area contributed by atoms with Crippen molar-refractivity contribution in [2.75, 3.05) is 0 Å². The van der Waals surface area contributed by atoms with Gasteiger partial charge in [0.15, 0.2) is 0 Å². The molecule has 0 aromatic rings. The topological polar surface area (TPSA) is 27.6 Å². The molecule has 1 nitrogen and oxygen atoms in total. The van der Waals surface area contributed by atoms with Crippen LogP contribution in [0.1, 0.15) is 26.2 Å². The maximum atomic E-state index is 4.12. The summed E-state index contributed by atoms with van der Waals surface area (Å²) in [5.41, 5.74) is 4.28. The van der Waals surface area contributed by atoms with Crippen molar-refractivity contribution in [3.05, 3.63) is 25.3 Å². The summed E-state index contributed by atoms with van der Waals surface area (Å²) in [5.74, 6) is 0. The second kappa shape index (κ2) is 4.29. The van der Waals surface area contributed by atoms with Gasteiger partial charge in [0, 0.05) is 12.8 Å². The number of rotatable bonds is 5. The zero-order valence-corrected chi connectivity index (χ0v) is 6.90. The monoisotopic (exact) mass is 140 g/mol. The van der Waals surface area contributed by atoms with E-state index in [9.17, 15) is 0 Å². The molecule has 0 atom stereocenters. The molecule has 0 aromatic heterocycles. The molecule has 0 radical (unpaired) electrons. The van der Waals surface area contributed by atoms with E-state index >= 15 is 0 Å². The third-order valence-electron chi connectivity index (χ3n) is 1.90. The van der Waals surface area contributed by atoms with E-state index in [1.165, 1.54) is 0 Å². The summed E-state index contributed by atoms with van der Waals surface area (Å²) < 4.78 is 0. The van der Waals surface area contributed by atoms with Gasteiger partial charge >= 0.3 is 0 Å². The second-order valence-electron chi connectivity index (χ2n) is 2.84. The van der Waals surface area contributed by atoms with E-state index in [-0.39, 0.29) is 5.54 Å². The Labute approximate surface area is 63.6 Å². The van der Waals surface area contributed by atoms with Crippen LogP contribution in [0.5, 0.6) is 0 Å². The maximum absolute atomic E-state index is 4.12. The molecule has 0 rings (SSSR count). The Hall–Kier alpha value is -0.560. The van der Waals surface area contributed by atoms with E-state index in [0.717, 1.165) is 19.3 Å². The van der Waals surface area contributed by atoms with Crippen LogP contribution in [0.4, 0.5) is 0 Å². The van der Waals surface area contributed by atoms with Crippen molar-refractivity contribution in [2.45, 2.75) is 31.7 Å². The summed E-state index contributed by atoms with van der Waals surface area (Å²) in [6.45, 7) is 9.56. The molecule has 0 aliphatic rings. The number of quaternary nitrogens is 1. The molecule has 0 bridgehead atoms. The number of hydrogen-bond acceptors (Lipinski definition) is 0. The molecule has 58 valence electrons. The van der Waals surface area contributed by atoms with Gasteiger partial charge in [0.1, 0.15) is 5.54 Å². The lowest BCUT2D eigenvalue weighted by molar-refractivity contribution is -0.476. The average molecular weight is 140 g/mol. The van der Waals surface area contributed by atoms with Gasteiger partial charge in [0.2, 0.25) is 0 Å². The van der Waals surface area contributed by atoms with Crippen molar-refractivity contribution < 1.29 is 5.73 Å². The van der Waals surface area contributed by atoms with Crippen molar-refractivity contribution >= 4 is 0 Å². The first-order valence-electron chi connectivity index (χ1n) is 3.75. The fourth-order valence-corrected chi connectivity index (χ4v) is 0.984. The van der Waals surface area contributed by atoms with Crippen LogP contribution < -0.4 is 5.73 Å². The van der Waals surface area contributed by atoms with Crippen LogP contribution >= 0.6 is 0 Å². The molecular formula is C9H18N+. The van der Waals surface area contributed by atoms with Crippen LogP contribution in [0, 0.1) is 0 Å². The highest BCUT2D eigenvalue weighted by Crippen LogP contribution is 2.14. The molecule has 0 amide bonds. The molecule has 0 unspecified atom stereocenters. The first-order chi connectivity index (χ1) is 4.68. The quantitative estimate of drug-likeness (QED) is 0.561. The Balaban J connectivity index is 3.92. The van der Waals surface area contributed by atoms with Gasteiger partial charge in [-0.25, -0.2) is 0 Å². The molecule has 0 aliphatic carbocycles. The predicted molar refractivity (Wildman–Crippen MR) is 45.5 cm³/mol. The van der Waals surface area contributed by atoms with Crippen LogP contribution in [0.15, 0.2) is 25.3 Å². The predicted octanol–water partition coefficient (Wildman–Crippen LogP) is 1.53. The van der Waals surface area contributed by atoms with Crippen molar-refractivity contribution in [3.63, 3.8) is 0 Å². The van der Waals surface area contributed by atoms with E-state index in [0.29, 0.717) is 0 Å². The highest BCUT2D eigenvalue weighted by Gasteiger charge is 2.22. The number of hydrogen-bond donors (Lipinski definition) is 1. The van der Waals surface area contributed by atoms with Gasteiger partial charge in [0.25, 0.3) is 0 Å². The molecule has 0 saturated carbocycles. The summed E-state index contributed by atoms with van der Waals surface area (Å²) >= 11 is 0. The lowest BCUT2D eigenvalue weighted by Gasteiger charge is -2.20. The van der Waals surface area contributed by atoms with E-state index in [2.05, 4.69) is 25.8 Å². The zero-order valence-electron chi connectivity index (χ0n) is 6.90.